The van der Waals surface area contributed by atoms with E-state index >= 15 is 0 Å². The molecule has 1 aliphatic rings. The number of rotatable bonds is 2. The highest BCUT2D eigenvalue weighted by atomic mass is 15.3. The molecule has 1 aromatic carbocycles. The fourth-order valence-corrected chi connectivity index (χ4v) is 2.03. The average Bonchev–Trinajstić information content (AvgIpc) is 2.66. The lowest BCUT2D eigenvalue weighted by molar-refractivity contribution is 1.03. The van der Waals surface area contributed by atoms with Crippen molar-refractivity contribution in [1.82, 2.24) is 0 Å². The first-order valence-electron chi connectivity index (χ1n) is 5.93. The van der Waals surface area contributed by atoms with Crippen molar-refractivity contribution >= 4 is 23.3 Å². The number of guanidine groups is 2. The van der Waals surface area contributed by atoms with Gasteiger partial charge in [0.05, 0.1) is 11.4 Å². The van der Waals surface area contributed by atoms with Crippen LogP contribution in [0.25, 0.3) is 0 Å². The molecular formula is C12H16N8. The molecule has 8 heteroatoms. The van der Waals surface area contributed by atoms with Gasteiger partial charge in [0.1, 0.15) is 0 Å². The normalized spacial score (nSPS) is 20.8. The van der Waals surface area contributed by atoms with E-state index in [1.807, 2.05) is 31.2 Å². The highest BCUT2D eigenvalue weighted by molar-refractivity contribution is 6.29. The summed E-state index contributed by atoms with van der Waals surface area (Å²) in [5, 5.41) is 15.6. The van der Waals surface area contributed by atoms with E-state index < -0.39 is 0 Å². The molecule has 20 heavy (non-hydrogen) atoms. The molecule has 0 bridgehead atoms. The van der Waals surface area contributed by atoms with Gasteiger partial charge in [0.25, 0.3) is 0 Å². The number of hydrogen-bond acceptors (Lipinski definition) is 4. The fourth-order valence-electron chi connectivity index (χ4n) is 2.03. The third-order valence-electron chi connectivity index (χ3n) is 2.85. The maximum Gasteiger partial charge on any atom is 0.211 e. The van der Waals surface area contributed by atoms with Crippen molar-refractivity contribution in [1.29, 1.82) is 0 Å². The zero-order valence-electron chi connectivity index (χ0n) is 11.0. The third kappa shape index (κ3) is 2.58. The summed E-state index contributed by atoms with van der Waals surface area (Å²) < 4.78 is 0. The molecule has 1 aromatic rings. The highest BCUT2D eigenvalue weighted by Gasteiger charge is 2.31. The first-order valence-corrected chi connectivity index (χ1v) is 5.93. The van der Waals surface area contributed by atoms with Gasteiger partial charge in [-0.2, -0.15) is 10.2 Å². The van der Waals surface area contributed by atoms with E-state index in [1.165, 1.54) is 0 Å². The van der Waals surface area contributed by atoms with Gasteiger partial charge in [-0.25, -0.2) is 0 Å². The van der Waals surface area contributed by atoms with Crippen molar-refractivity contribution in [3.05, 3.63) is 35.4 Å². The van der Waals surface area contributed by atoms with Crippen LogP contribution >= 0.6 is 0 Å². The van der Waals surface area contributed by atoms with Crippen molar-refractivity contribution in [2.75, 3.05) is 0 Å². The number of hydrogen-bond donors (Lipinski definition) is 4. The van der Waals surface area contributed by atoms with Crippen LogP contribution in [0.2, 0.25) is 0 Å². The second kappa shape index (κ2) is 5.39. The minimum atomic E-state index is -0.112. The Morgan fingerprint density at radius 2 is 1.25 bits per heavy atom. The van der Waals surface area contributed by atoms with Gasteiger partial charge in [-0.3, -0.25) is 0 Å². The van der Waals surface area contributed by atoms with E-state index in [-0.39, 0.29) is 17.8 Å². The Hall–Kier alpha value is -2.90. The molecule has 0 fully saturated rings. The van der Waals surface area contributed by atoms with E-state index in [2.05, 4.69) is 20.4 Å². The number of nitrogens with two attached hydrogens (primary N) is 4. The zero-order valence-corrected chi connectivity index (χ0v) is 11.0. The molecular weight excluding hydrogens is 256 g/mol. The van der Waals surface area contributed by atoms with Crippen molar-refractivity contribution in [2.24, 2.45) is 49.3 Å². The molecule has 0 saturated heterocycles. The van der Waals surface area contributed by atoms with E-state index in [1.54, 1.807) is 0 Å². The maximum absolute atomic E-state index is 5.30. The number of benzene rings is 1. The molecule has 0 aromatic heterocycles. The quantitative estimate of drug-likeness (QED) is 0.319. The summed E-state index contributed by atoms with van der Waals surface area (Å²) in [7, 11) is 0. The molecule has 8 N–H and O–H groups in total. The summed E-state index contributed by atoms with van der Waals surface area (Å²) in [5.74, 6) is -0.313. The van der Waals surface area contributed by atoms with Gasteiger partial charge < -0.3 is 22.9 Å². The summed E-state index contributed by atoms with van der Waals surface area (Å²) in [6.07, 6.45) is 0. The number of fused-ring (bicyclic) bond motifs is 1. The highest BCUT2D eigenvalue weighted by Crippen LogP contribution is 2.28. The first-order chi connectivity index (χ1) is 9.50. The summed E-state index contributed by atoms with van der Waals surface area (Å²) in [4.78, 5) is 0. The Kier molecular flexibility index (Phi) is 3.65. The van der Waals surface area contributed by atoms with E-state index in [0.29, 0.717) is 0 Å². The summed E-state index contributed by atoms with van der Waals surface area (Å²) >= 11 is 0. The molecule has 0 spiro atoms. The van der Waals surface area contributed by atoms with Crippen molar-refractivity contribution in [2.45, 2.75) is 6.92 Å². The van der Waals surface area contributed by atoms with E-state index in [4.69, 9.17) is 22.9 Å². The van der Waals surface area contributed by atoms with Crippen LogP contribution < -0.4 is 22.9 Å². The molecule has 0 amide bonds. The third-order valence-corrected chi connectivity index (χ3v) is 2.85. The Labute approximate surface area is 115 Å². The minimum absolute atomic E-state index is 0.100. The molecule has 8 nitrogen and oxygen atoms in total. The molecule has 0 unspecified atom stereocenters. The average molecular weight is 272 g/mol. The zero-order chi connectivity index (χ0) is 14.7. The van der Waals surface area contributed by atoms with E-state index in [9.17, 15) is 0 Å². The topological polar surface area (TPSA) is 154 Å². The van der Waals surface area contributed by atoms with Crippen LogP contribution in [-0.4, -0.2) is 23.3 Å². The van der Waals surface area contributed by atoms with Gasteiger partial charge in [-0.15, -0.1) is 10.2 Å². The Balaban J connectivity index is 2.56. The van der Waals surface area contributed by atoms with Crippen LogP contribution in [0.3, 0.4) is 0 Å². The van der Waals surface area contributed by atoms with Crippen LogP contribution in [0, 0.1) is 5.92 Å². The molecule has 0 saturated carbocycles. The standard InChI is InChI=1S/C12H16N8/c1-6-9(17-19-11(13)14)7-4-2-3-5-8(7)10(6)18-20-12(15)16/h2-6H,1H3,(H4,13,14,19)(H4,15,16,20). The molecule has 104 valence electrons. The van der Waals surface area contributed by atoms with Gasteiger partial charge in [0.15, 0.2) is 0 Å². The van der Waals surface area contributed by atoms with Crippen molar-refractivity contribution in [3.63, 3.8) is 0 Å². The summed E-state index contributed by atoms with van der Waals surface area (Å²) in [5.41, 5.74) is 24.5. The predicted octanol–water partition coefficient (Wildman–Crippen LogP) is -0.709. The fraction of sp³-hybridized carbons (Fsp3) is 0.167. The van der Waals surface area contributed by atoms with Gasteiger partial charge >= 0.3 is 0 Å². The van der Waals surface area contributed by atoms with Gasteiger partial charge in [-0.05, 0) is 0 Å². The molecule has 0 aliphatic heterocycles. The molecule has 2 rings (SSSR count). The smallest absolute Gasteiger partial charge is 0.211 e. The van der Waals surface area contributed by atoms with E-state index in [0.717, 1.165) is 22.6 Å². The van der Waals surface area contributed by atoms with Crippen LogP contribution in [0.5, 0.6) is 0 Å². The van der Waals surface area contributed by atoms with Crippen molar-refractivity contribution < 1.29 is 0 Å². The molecule has 0 heterocycles. The number of nitrogens with zero attached hydrogens (tertiary/aromatic N) is 4. The van der Waals surface area contributed by atoms with Gasteiger partial charge in [-0.1, -0.05) is 31.2 Å². The van der Waals surface area contributed by atoms with Crippen LogP contribution in [0.4, 0.5) is 0 Å². The van der Waals surface area contributed by atoms with Crippen LogP contribution in [0.1, 0.15) is 18.1 Å². The molecule has 1 aliphatic carbocycles. The van der Waals surface area contributed by atoms with Crippen LogP contribution in [-0.2, 0) is 0 Å². The SMILES string of the molecule is CC1C(=NN=C(N)N)c2ccccc2C1=NN=C(N)N. The van der Waals surface area contributed by atoms with Crippen molar-refractivity contribution in [3.8, 4) is 0 Å². The Bertz CT molecular complexity index is 578. The molecule has 0 atom stereocenters. The second-order valence-corrected chi connectivity index (χ2v) is 4.29. The Morgan fingerprint density at radius 3 is 1.60 bits per heavy atom. The van der Waals surface area contributed by atoms with Gasteiger partial charge in [0, 0.05) is 17.0 Å². The summed E-state index contributed by atoms with van der Waals surface area (Å²) in [6, 6.07) is 7.65. The lowest BCUT2D eigenvalue weighted by atomic mass is 10.1. The maximum atomic E-state index is 5.30. The lowest BCUT2D eigenvalue weighted by Gasteiger charge is -2.03. The van der Waals surface area contributed by atoms with Crippen LogP contribution in [0.15, 0.2) is 44.7 Å². The largest absolute Gasteiger partial charge is 0.369 e. The monoisotopic (exact) mass is 272 g/mol. The minimum Gasteiger partial charge on any atom is -0.369 e. The molecule has 0 radical (unpaired) electrons. The Morgan fingerprint density at radius 1 is 0.850 bits per heavy atom. The summed E-state index contributed by atoms with van der Waals surface area (Å²) in [6.45, 7) is 1.93. The second-order valence-electron chi connectivity index (χ2n) is 4.29. The first kappa shape index (κ1) is 13.5. The predicted molar refractivity (Wildman–Crippen MR) is 80.3 cm³/mol. The lowest BCUT2D eigenvalue weighted by Crippen LogP contribution is -2.23. The van der Waals surface area contributed by atoms with Gasteiger partial charge in [0.2, 0.25) is 11.9 Å².